The van der Waals surface area contributed by atoms with E-state index in [1.165, 1.54) is 79.5 Å². The van der Waals surface area contributed by atoms with Crippen LogP contribution in [0, 0.1) is 15.9 Å². The Balaban J connectivity index is 1.44. The second kappa shape index (κ2) is 11.4. The van der Waals surface area contributed by atoms with Gasteiger partial charge >= 0.3 is 0 Å². The number of thiol groups is 1. The molecule has 0 bridgehead atoms. The summed E-state index contributed by atoms with van der Waals surface area (Å²) in [4.78, 5) is 8.09. The van der Waals surface area contributed by atoms with Gasteiger partial charge in [-0.15, -0.1) is 12.6 Å². The first-order valence-electron chi connectivity index (χ1n) is 15.4. The van der Waals surface area contributed by atoms with Gasteiger partial charge in [0.1, 0.15) is 0 Å². The summed E-state index contributed by atoms with van der Waals surface area (Å²) in [6.45, 7) is 4.73. The van der Waals surface area contributed by atoms with E-state index in [0.717, 1.165) is 16.9 Å². The van der Waals surface area contributed by atoms with Crippen LogP contribution in [0.15, 0.2) is 99.8 Å². The minimum atomic E-state index is 0.165. The molecular formula is C39H37NS2. The molecule has 42 heavy (non-hydrogen) atoms. The van der Waals surface area contributed by atoms with Crippen molar-refractivity contribution < 1.29 is 0 Å². The number of aliphatic imine (C=N–C) groups is 1. The monoisotopic (exact) mass is 583 g/mol. The third kappa shape index (κ3) is 4.91. The molecule has 1 nitrogen and oxygen atoms in total. The third-order valence-electron chi connectivity index (χ3n) is 9.60. The van der Waals surface area contributed by atoms with E-state index >= 15 is 0 Å². The fraction of sp³-hybridized carbons (Fsp3) is 0.256. The maximum Gasteiger partial charge on any atom is 0.0413 e. The molecule has 1 aliphatic heterocycles. The summed E-state index contributed by atoms with van der Waals surface area (Å²) in [6.07, 6.45) is 16.5. The average molecular weight is 584 g/mol. The number of fused-ring (bicyclic) bond motifs is 5. The summed E-state index contributed by atoms with van der Waals surface area (Å²) >= 11 is 6.43. The Morgan fingerprint density at radius 1 is 0.929 bits per heavy atom. The Bertz CT molecular complexity index is 1970. The minimum absolute atomic E-state index is 0.165. The van der Waals surface area contributed by atoms with Gasteiger partial charge in [-0.25, -0.2) is 0 Å². The number of unbranched alkanes of at least 4 members (excludes halogenated alkanes) is 1. The second-order valence-corrected chi connectivity index (χ2v) is 13.7. The van der Waals surface area contributed by atoms with Crippen LogP contribution >= 0.6 is 24.4 Å². The highest BCUT2D eigenvalue weighted by Crippen LogP contribution is 2.45. The maximum atomic E-state index is 4.75. The Morgan fingerprint density at radius 3 is 2.67 bits per heavy atom. The highest BCUT2D eigenvalue weighted by atomic mass is 32.2. The highest BCUT2D eigenvalue weighted by molar-refractivity contribution is 8.08. The summed E-state index contributed by atoms with van der Waals surface area (Å²) in [7, 11) is 0. The quantitative estimate of drug-likeness (QED) is 0.223. The van der Waals surface area contributed by atoms with Crippen LogP contribution in [0.1, 0.15) is 79.7 Å². The molecule has 2 unspecified atom stereocenters. The van der Waals surface area contributed by atoms with Crippen molar-refractivity contribution in [2.24, 2.45) is 10.4 Å². The Labute approximate surface area is 258 Å². The van der Waals surface area contributed by atoms with Gasteiger partial charge in [0.2, 0.25) is 0 Å². The second-order valence-electron chi connectivity index (χ2n) is 12.1. The van der Waals surface area contributed by atoms with Crippen molar-refractivity contribution in [1.29, 1.82) is 0 Å². The van der Waals surface area contributed by atoms with Crippen LogP contribution in [0.25, 0.3) is 17.1 Å². The molecule has 210 valence electrons. The number of hydrogen-bond acceptors (Lipinski definition) is 3. The van der Waals surface area contributed by atoms with Gasteiger partial charge in [-0.2, -0.15) is 0 Å². The molecule has 0 spiro atoms. The lowest BCUT2D eigenvalue weighted by Gasteiger charge is -2.37. The van der Waals surface area contributed by atoms with E-state index in [1.54, 1.807) is 17.3 Å². The van der Waals surface area contributed by atoms with E-state index in [0.29, 0.717) is 5.41 Å². The maximum absolute atomic E-state index is 4.75. The van der Waals surface area contributed by atoms with E-state index < -0.39 is 0 Å². The predicted molar refractivity (Wildman–Crippen MR) is 183 cm³/mol. The number of thioether (sulfide) groups is 1. The normalized spacial score (nSPS) is 20.2. The SMILES string of the molecule is CCCCC1(CC)CC=c2ccc3c(c2C1)C(c1ccccc1C1=CN=Cc2ccc(S)cc2S1)C=c1ccccc1=3. The molecule has 0 amide bonds. The van der Waals surface area contributed by atoms with Crippen LogP contribution in [-0.2, 0) is 6.42 Å². The van der Waals surface area contributed by atoms with Crippen LogP contribution in [0.2, 0.25) is 0 Å². The summed E-state index contributed by atoms with van der Waals surface area (Å²) < 4.78 is 0. The largest absolute Gasteiger partial charge is 0.263 e. The zero-order chi connectivity index (χ0) is 28.7. The lowest BCUT2D eigenvalue weighted by Crippen LogP contribution is -2.33. The summed E-state index contributed by atoms with van der Waals surface area (Å²) in [5.41, 5.74) is 7.16. The summed E-state index contributed by atoms with van der Waals surface area (Å²) in [5, 5.41) is 5.51. The molecule has 4 aromatic carbocycles. The Morgan fingerprint density at radius 2 is 1.79 bits per heavy atom. The molecule has 0 aromatic heterocycles. The predicted octanol–water partition coefficient (Wildman–Crippen LogP) is 9.02. The highest BCUT2D eigenvalue weighted by Gasteiger charge is 2.33. The van der Waals surface area contributed by atoms with Crippen LogP contribution in [0.5, 0.6) is 0 Å². The van der Waals surface area contributed by atoms with Gasteiger partial charge in [0, 0.05) is 38.6 Å². The summed E-state index contributed by atoms with van der Waals surface area (Å²) in [6, 6.07) is 29.0. The lowest BCUT2D eigenvalue weighted by atomic mass is 9.67. The Kier molecular flexibility index (Phi) is 7.50. The molecule has 7 rings (SSSR count). The van der Waals surface area contributed by atoms with Gasteiger partial charge in [0.25, 0.3) is 0 Å². The molecular weight excluding hydrogens is 547 g/mol. The first kappa shape index (κ1) is 27.6. The fourth-order valence-electron chi connectivity index (χ4n) is 7.18. The molecule has 3 aliphatic rings. The number of rotatable bonds is 6. The molecule has 4 aromatic rings. The van der Waals surface area contributed by atoms with Crippen molar-refractivity contribution in [1.82, 2.24) is 0 Å². The first-order chi connectivity index (χ1) is 20.6. The minimum Gasteiger partial charge on any atom is -0.263 e. The van der Waals surface area contributed by atoms with Crippen LogP contribution in [0.4, 0.5) is 0 Å². The Hall–Kier alpha value is -3.27. The molecule has 0 fully saturated rings. The molecule has 2 atom stereocenters. The molecule has 0 saturated carbocycles. The zero-order valence-electron chi connectivity index (χ0n) is 24.4. The molecule has 1 heterocycles. The van der Waals surface area contributed by atoms with E-state index in [4.69, 9.17) is 4.99 Å². The van der Waals surface area contributed by atoms with Crippen molar-refractivity contribution in [2.45, 2.75) is 68.1 Å². The zero-order valence-corrected chi connectivity index (χ0v) is 26.1. The van der Waals surface area contributed by atoms with Crippen molar-refractivity contribution >= 4 is 47.7 Å². The van der Waals surface area contributed by atoms with Crippen molar-refractivity contribution in [3.63, 3.8) is 0 Å². The summed E-state index contributed by atoms with van der Waals surface area (Å²) in [5.74, 6) is 0.165. The standard InChI is InChI=1S/C39H37NS2/c1-3-5-19-39(4-2)20-18-26-15-17-33-30-11-7-6-10-27(30)21-34(38(33)35(26)23-39)31-12-8-9-13-32(31)37-25-40-24-28-14-16-29(41)22-36(28)42-37/h6-18,21-22,24-25,34,41H,3-5,19-20,23H2,1-2H3. The number of benzene rings is 4. The van der Waals surface area contributed by atoms with Gasteiger partial charge in [0.15, 0.2) is 0 Å². The lowest BCUT2D eigenvalue weighted by molar-refractivity contribution is 0.244. The molecule has 0 N–H and O–H groups in total. The number of nitrogens with zero attached hydrogens (tertiary/aromatic N) is 1. The smallest absolute Gasteiger partial charge is 0.0413 e. The van der Waals surface area contributed by atoms with Gasteiger partial charge in [-0.1, -0.05) is 117 Å². The fourth-order valence-corrected chi connectivity index (χ4v) is 8.55. The van der Waals surface area contributed by atoms with Gasteiger partial charge in [0.05, 0.1) is 0 Å². The van der Waals surface area contributed by atoms with Crippen LogP contribution in [-0.4, -0.2) is 6.21 Å². The molecule has 2 aliphatic carbocycles. The van der Waals surface area contributed by atoms with Gasteiger partial charge < -0.3 is 0 Å². The van der Waals surface area contributed by atoms with Crippen molar-refractivity contribution in [3.05, 3.63) is 134 Å². The third-order valence-corrected chi connectivity index (χ3v) is 11.0. The molecule has 3 heteroatoms. The van der Waals surface area contributed by atoms with Crippen molar-refractivity contribution in [3.8, 4) is 0 Å². The van der Waals surface area contributed by atoms with E-state index in [-0.39, 0.29) is 5.92 Å². The number of hydrogen-bond donors (Lipinski definition) is 1. The van der Waals surface area contributed by atoms with Gasteiger partial charge in [-0.3, -0.25) is 4.99 Å². The van der Waals surface area contributed by atoms with Crippen LogP contribution in [0.3, 0.4) is 0 Å². The van der Waals surface area contributed by atoms with Gasteiger partial charge in [-0.05, 0) is 86.4 Å². The molecule has 0 radical (unpaired) electrons. The van der Waals surface area contributed by atoms with Crippen molar-refractivity contribution in [2.75, 3.05) is 0 Å². The molecule has 0 saturated heterocycles. The first-order valence-corrected chi connectivity index (χ1v) is 16.6. The van der Waals surface area contributed by atoms with E-state index in [2.05, 4.69) is 111 Å². The van der Waals surface area contributed by atoms with E-state index in [1.807, 2.05) is 18.5 Å². The van der Waals surface area contributed by atoms with E-state index in [9.17, 15) is 0 Å². The average Bonchev–Trinajstić information content (AvgIpc) is 3.25. The topological polar surface area (TPSA) is 12.4 Å². The van der Waals surface area contributed by atoms with Crippen LogP contribution < -0.4 is 10.4 Å².